The summed E-state index contributed by atoms with van der Waals surface area (Å²) in [5.41, 5.74) is 5.68. The van der Waals surface area contributed by atoms with Gasteiger partial charge in [-0.3, -0.25) is 4.79 Å². The molecular weight excluding hydrogens is 242 g/mol. The number of hydrogen-bond acceptors (Lipinski definition) is 4. The number of methoxy groups -OCH3 is 1. The summed E-state index contributed by atoms with van der Waals surface area (Å²) < 4.78 is 5.08. The van der Waals surface area contributed by atoms with Crippen LogP contribution in [0.2, 0.25) is 0 Å². The van der Waals surface area contributed by atoms with Crippen molar-refractivity contribution in [3.63, 3.8) is 0 Å². The van der Waals surface area contributed by atoms with Crippen molar-refractivity contribution in [3.05, 3.63) is 0 Å². The highest BCUT2D eigenvalue weighted by Gasteiger charge is 2.34. The maximum atomic E-state index is 12.0. The van der Waals surface area contributed by atoms with Crippen molar-refractivity contribution in [1.82, 2.24) is 9.80 Å². The Kier molecular flexibility index (Phi) is 5.60. The summed E-state index contributed by atoms with van der Waals surface area (Å²) in [4.78, 5) is 16.5. The van der Waals surface area contributed by atoms with Crippen molar-refractivity contribution in [2.45, 2.75) is 31.7 Å². The molecule has 0 aromatic heterocycles. The highest BCUT2D eigenvalue weighted by Crippen LogP contribution is 2.24. The predicted octanol–water partition coefficient (Wildman–Crippen LogP) is 0.295. The van der Waals surface area contributed by atoms with Gasteiger partial charge < -0.3 is 20.3 Å². The fourth-order valence-corrected chi connectivity index (χ4v) is 3.21. The minimum Gasteiger partial charge on any atom is -0.385 e. The zero-order chi connectivity index (χ0) is 13.7. The van der Waals surface area contributed by atoms with E-state index in [-0.39, 0.29) is 0 Å². The van der Waals surface area contributed by atoms with Crippen molar-refractivity contribution in [2.24, 2.45) is 11.7 Å². The standard InChI is InChI=1S/C14H27N3O2/c1-19-8-2-5-16-6-3-13(4-7-16)17-11-12(10-15)9-14(17)18/h12-13H,2-11,15H2,1H3. The van der Waals surface area contributed by atoms with E-state index in [9.17, 15) is 4.79 Å². The summed E-state index contributed by atoms with van der Waals surface area (Å²) >= 11 is 0. The lowest BCUT2D eigenvalue weighted by molar-refractivity contribution is -0.130. The van der Waals surface area contributed by atoms with Crippen LogP contribution >= 0.6 is 0 Å². The summed E-state index contributed by atoms with van der Waals surface area (Å²) in [6.45, 7) is 5.67. The first-order valence-electron chi connectivity index (χ1n) is 7.45. The number of carbonyl (C=O) groups excluding carboxylic acids is 1. The van der Waals surface area contributed by atoms with E-state index in [1.807, 2.05) is 0 Å². The topological polar surface area (TPSA) is 58.8 Å². The molecule has 2 fully saturated rings. The largest absolute Gasteiger partial charge is 0.385 e. The molecule has 0 radical (unpaired) electrons. The van der Waals surface area contributed by atoms with Crippen LogP contribution in [0.15, 0.2) is 0 Å². The minimum atomic E-state index is 0.313. The first-order valence-corrected chi connectivity index (χ1v) is 7.45. The van der Waals surface area contributed by atoms with Crippen LogP contribution in [-0.4, -0.2) is 68.2 Å². The van der Waals surface area contributed by atoms with Gasteiger partial charge in [-0.25, -0.2) is 0 Å². The van der Waals surface area contributed by atoms with Gasteiger partial charge in [0.15, 0.2) is 0 Å². The Balaban J connectivity index is 1.72. The lowest BCUT2D eigenvalue weighted by Crippen LogP contribution is -2.46. The van der Waals surface area contributed by atoms with Gasteiger partial charge in [-0.15, -0.1) is 0 Å². The molecule has 2 rings (SSSR count). The smallest absolute Gasteiger partial charge is 0.223 e. The molecule has 0 bridgehead atoms. The van der Waals surface area contributed by atoms with Gasteiger partial charge in [0.1, 0.15) is 0 Å². The molecule has 0 aliphatic carbocycles. The van der Waals surface area contributed by atoms with Crippen molar-refractivity contribution in [1.29, 1.82) is 0 Å². The monoisotopic (exact) mass is 269 g/mol. The van der Waals surface area contributed by atoms with E-state index >= 15 is 0 Å². The predicted molar refractivity (Wildman–Crippen MR) is 74.8 cm³/mol. The van der Waals surface area contributed by atoms with Gasteiger partial charge in [-0.1, -0.05) is 0 Å². The second kappa shape index (κ2) is 7.22. The number of piperidine rings is 1. The molecule has 2 aliphatic rings. The molecule has 2 heterocycles. The molecule has 2 saturated heterocycles. The molecule has 19 heavy (non-hydrogen) atoms. The maximum absolute atomic E-state index is 12.0. The fraction of sp³-hybridized carbons (Fsp3) is 0.929. The molecule has 110 valence electrons. The van der Waals surface area contributed by atoms with E-state index in [1.54, 1.807) is 7.11 Å². The number of rotatable bonds is 6. The molecule has 2 N–H and O–H groups in total. The summed E-state index contributed by atoms with van der Waals surface area (Å²) in [5, 5.41) is 0. The summed E-state index contributed by atoms with van der Waals surface area (Å²) in [6.07, 6.45) is 3.97. The minimum absolute atomic E-state index is 0.313. The van der Waals surface area contributed by atoms with Gasteiger partial charge in [0.05, 0.1) is 0 Å². The van der Waals surface area contributed by atoms with Gasteiger partial charge in [0.25, 0.3) is 0 Å². The summed E-state index contributed by atoms with van der Waals surface area (Å²) in [5.74, 6) is 0.695. The van der Waals surface area contributed by atoms with Crippen molar-refractivity contribution < 1.29 is 9.53 Å². The average molecular weight is 269 g/mol. The Hall–Kier alpha value is -0.650. The van der Waals surface area contributed by atoms with E-state index < -0.39 is 0 Å². The fourth-order valence-electron chi connectivity index (χ4n) is 3.21. The molecular formula is C14H27N3O2. The lowest BCUT2D eigenvalue weighted by atomic mass is 10.0. The number of hydrogen-bond donors (Lipinski definition) is 1. The van der Waals surface area contributed by atoms with Crippen LogP contribution in [0.4, 0.5) is 0 Å². The van der Waals surface area contributed by atoms with Crippen LogP contribution in [0, 0.1) is 5.92 Å². The summed E-state index contributed by atoms with van der Waals surface area (Å²) in [6, 6.07) is 0.447. The van der Waals surface area contributed by atoms with Crippen LogP contribution in [0.1, 0.15) is 25.7 Å². The Labute approximate surface area is 116 Å². The molecule has 0 saturated carbocycles. The number of likely N-dealkylation sites (tertiary alicyclic amines) is 2. The van der Waals surface area contributed by atoms with E-state index in [1.165, 1.54) is 0 Å². The first-order chi connectivity index (χ1) is 9.24. The zero-order valence-electron chi connectivity index (χ0n) is 12.0. The molecule has 1 atom stereocenters. The molecule has 0 spiro atoms. The van der Waals surface area contributed by atoms with Crippen LogP contribution in [-0.2, 0) is 9.53 Å². The average Bonchev–Trinajstić information content (AvgIpc) is 2.81. The Morgan fingerprint density at radius 3 is 2.68 bits per heavy atom. The van der Waals surface area contributed by atoms with Gasteiger partial charge in [-0.2, -0.15) is 0 Å². The number of ether oxygens (including phenoxy) is 1. The summed E-state index contributed by atoms with van der Waals surface area (Å²) in [7, 11) is 1.75. The molecule has 0 aromatic carbocycles. The van der Waals surface area contributed by atoms with Crippen LogP contribution < -0.4 is 5.73 Å². The maximum Gasteiger partial charge on any atom is 0.223 e. The highest BCUT2D eigenvalue weighted by atomic mass is 16.5. The number of nitrogens with two attached hydrogens (primary N) is 1. The number of carbonyl (C=O) groups is 1. The van der Waals surface area contributed by atoms with Gasteiger partial charge in [0, 0.05) is 52.4 Å². The van der Waals surface area contributed by atoms with Crippen molar-refractivity contribution in [3.8, 4) is 0 Å². The third kappa shape index (κ3) is 3.91. The molecule has 5 heteroatoms. The zero-order valence-corrected chi connectivity index (χ0v) is 12.0. The molecule has 0 aromatic rings. The second-order valence-electron chi connectivity index (χ2n) is 5.77. The Morgan fingerprint density at radius 2 is 2.11 bits per heavy atom. The third-order valence-electron chi connectivity index (χ3n) is 4.39. The normalized spacial score (nSPS) is 26.3. The number of amides is 1. The first kappa shape index (κ1) is 14.8. The molecule has 1 amide bonds. The van der Waals surface area contributed by atoms with E-state index in [2.05, 4.69) is 9.80 Å². The van der Waals surface area contributed by atoms with E-state index in [0.29, 0.717) is 30.8 Å². The molecule has 1 unspecified atom stereocenters. The van der Waals surface area contributed by atoms with Gasteiger partial charge in [-0.05, 0) is 31.7 Å². The van der Waals surface area contributed by atoms with Crippen molar-refractivity contribution >= 4 is 5.91 Å². The third-order valence-corrected chi connectivity index (χ3v) is 4.39. The highest BCUT2D eigenvalue weighted by molar-refractivity contribution is 5.79. The SMILES string of the molecule is COCCCN1CCC(N2CC(CN)CC2=O)CC1. The molecule has 2 aliphatic heterocycles. The Bertz CT molecular complexity index is 290. The van der Waals surface area contributed by atoms with Crippen molar-refractivity contribution in [2.75, 3.05) is 46.4 Å². The Morgan fingerprint density at radius 1 is 1.37 bits per heavy atom. The van der Waals surface area contributed by atoms with Gasteiger partial charge >= 0.3 is 0 Å². The van der Waals surface area contributed by atoms with Crippen LogP contribution in [0.5, 0.6) is 0 Å². The molecule has 5 nitrogen and oxygen atoms in total. The van der Waals surface area contributed by atoms with Gasteiger partial charge in [0.2, 0.25) is 5.91 Å². The lowest BCUT2D eigenvalue weighted by Gasteiger charge is -2.36. The van der Waals surface area contributed by atoms with Crippen LogP contribution in [0.3, 0.4) is 0 Å². The number of nitrogens with zero attached hydrogens (tertiary/aromatic N) is 2. The van der Waals surface area contributed by atoms with Crippen LogP contribution in [0.25, 0.3) is 0 Å². The quantitative estimate of drug-likeness (QED) is 0.704. The second-order valence-corrected chi connectivity index (χ2v) is 5.77. The van der Waals surface area contributed by atoms with E-state index in [4.69, 9.17) is 10.5 Å². The van der Waals surface area contributed by atoms with E-state index in [0.717, 1.165) is 52.0 Å².